The summed E-state index contributed by atoms with van der Waals surface area (Å²) in [7, 11) is 0. The first-order valence-electron chi connectivity index (χ1n) is 9.00. The molecule has 1 aliphatic rings. The predicted octanol–water partition coefficient (Wildman–Crippen LogP) is 0.663. The number of nitrogens with zero attached hydrogens (tertiary/aromatic N) is 1. The van der Waals surface area contributed by atoms with Gasteiger partial charge in [-0.25, -0.2) is 0 Å². The van der Waals surface area contributed by atoms with Gasteiger partial charge in [-0.15, -0.1) is 0 Å². The van der Waals surface area contributed by atoms with Crippen molar-refractivity contribution in [2.75, 3.05) is 26.3 Å². The van der Waals surface area contributed by atoms with Crippen molar-refractivity contribution in [2.24, 2.45) is 0 Å². The van der Waals surface area contributed by atoms with Crippen LogP contribution in [-0.4, -0.2) is 59.7 Å². The third-order valence-corrected chi connectivity index (χ3v) is 4.31. The van der Waals surface area contributed by atoms with Crippen LogP contribution in [0.2, 0.25) is 0 Å². The Morgan fingerprint density at radius 1 is 1.38 bits per heavy atom. The first-order valence-corrected chi connectivity index (χ1v) is 9.00. The fourth-order valence-electron chi connectivity index (χ4n) is 2.91. The standard InChI is InChI=1S/C19H29N3O4/c1-4-26-15-7-5-14(6-8-15)12-22-10-9-20-18(25)16(22)11-17(24)21-19(2,3)13-23/h5-8,16,23H,4,9-13H2,1-3H3,(H,20,25)(H,21,24)/t16-/m1/s1. The summed E-state index contributed by atoms with van der Waals surface area (Å²) in [6, 6.07) is 7.25. The van der Waals surface area contributed by atoms with E-state index < -0.39 is 11.6 Å². The lowest BCUT2D eigenvalue weighted by molar-refractivity contribution is -0.135. The Morgan fingerprint density at radius 2 is 2.08 bits per heavy atom. The minimum atomic E-state index is -0.706. The number of carbonyl (C=O) groups is 2. The Labute approximate surface area is 154 Å². The number of ether oxygens (including phenoxy) is 1. The van der Waals surface area contributed by atoms with Gasteiger partial charge in [-0.1, -0.05) is 12.1 Å². The fourth-order valence-corrected chi connectivity index (χ4v) is 2.91. The normalized spacial score (nSPS) is 18.3. The number of aliphatic hydroxyl groups excluding tert-OH is 1. The summed E-state index contributed by atoms with van der Waals surface area (Å²) in [6.07, 6.45) is 0.0618. The molecule has 1 saturated heterocycles. The highest BCUT2D eigenvalue weighted by atomic mass is 16.5. The third kappa shape index (κ3) is 5.71. The van der Waals surface area contributed by atoms with Crippen molar-refractivity contribution in [3.63, 3.8) is 0 Å². The minimum absolute atomic E-state index is 0.0618. The quantitative estimate of drug-likeness (QED) is 0.631. The average Bonchev–Trinajstić information content (AvgIpc) is 2.59. The van der Waals surface area contributed by atoms with Crippen LogP contribution in [0.3, 0.4) is 0 Å². The third-order valence-electron chi connectivity index (χ3n) is 4.31. The maximum absolute atomic E-state index is 12.3. The molecule has 1 atom stereocenters. The second kappa shape index (κ2) is 9.00. The highest BCUT2D eigenvalue weighted by Gasteiger charge is 2.32. The number of hydrogen-bond acceptors (Lipinski definition) is 5. The van der Waals surface area contributed by atoms with E-state index in [9.17, 15) is 14.7 Å². The van der Waals surface area contributed by atoms with Gasteiger partial charge in [0.2, 0.25) is 11.8 Å². The number of nitrogens with one attached hydrogen (secondary N) is 2. The summed E-state index contributed by atoms with van der Waals surface area (Å²) in [5, 5.41) is 14.9. The second-order valence-electron chi connectivity index (χ2n) is 7.15. The molecule has 26 heavy (non-hydrogen) atoms. The van der Waals surface area contributed by atoms with Crippen molar-refractivity contribution >= 4 is 11.8 Å². The van der Waals surface area contributed by atoms with E-state index in [-0.39, 0.29) is 24.8 Å². The molecule has 0 radical (unpaired) electrons. The molecule has 1 aliphatic heterocycles. The lowest BCUT2D eigenvalue weighted by atomic mass is 10.0. The molecule has 0 aliphatic carbocycles. The van der Waals surface area contributed by atoms with Crippen LogP contribution in [0, 0.1) is 0 Å². The molecule has 144 valence electrons. The number of piperazine rings is 1. The molecule has 7 heteroatoms. The number of hydrogen-bond donors (Lipinski definition) is 3. The summed E-state index contributed by atoms with van der Waals surface area (Å²) < 4.78 is 5.45. The monoisotopic (exact) mass is 363 g/mol. The zero-order chi connectivity index (χ0) is 19.2. The second-order valence-corrected chi connectivity index (χ2v) is 7.15. The number of rotatable bonds is 8. The molecule has 2 rings (SSSR count). The molecule has 0 unspecified atom stereocenters. The lowest BCUT2D eigenvalue weighted by Gasteiger charge is -2.35. The molecule has 0 bridgehead atoms. The van der Waals surface area contributed by atoms with Gasteiger partial charge in [0.15, 0.2) is 0 Å². The van der Waals surface area contributed by atoms with Gasteiger partial charge in [0.25, 0.3) is 0 Å². The van der Waals surface area contributed by atoms with Gasteiger partial charge in [-0.05, 0) is 38.5 Å². The molecular weight excluding hydrogens is 334 g/mol. The van der Waals surface area contributed by atoms with Crippen LogP contribution < -0.4 is 15.4 Å². The molecule has 0 spiro atoms. The van der Waals surface area contributed by atoms with E-state index in [1.54, 1.807) is 13.8 Å². The van der Waals surface area contributed by atoms with E-state index >= 15 is 0 Å². The summed E-state index contributed by atoms with van der Waals surface area (Å²) >= 11 is 0. The van der Waals surface area contributed by atoms with Crippen molar-refractivity contribution in [3.05, 3.63) is 29.8 Å². The van der Waals surface area contributed by atoms with E-state index in [0.29, 0.717) is 26.2 Å². The highest BCUT2D eigenvalue weighted by molar-refractivity contribution is 5.89. The fraction of sp³-hybridized carbons (Fsp3) is 0.579. The smallest absolute Gasteiger partial charge is 0.237 e. The van der Waals surface area contributed by atoms with Crippen molar-refractivity contribution in [2.45, 2.75) is 45.3 Å². The molecule has 1 fully saturated rings. The van der Waals surface area contributed by atoms with Crippen molar-refractivity contribution in [1.82, 2.24) is 15.5 Å². The average molecular weight is 363 g/mol. The first-order chi connectivity index (χ1) is 12.3. The Bertz CT molecular complexity index is 616. The zero-order valence-corrected chi connectivity index (χ0v) is 15.7. The molecule has 1 aromatic carbocycles. The van der Waals surface area contributed by atoms with Crippen LogP contribution in [0.15, 0.2) is 24.3 Å². The van der Waals surface area contributed by atoms with E-state index in [2.05, 4.69) is 10.6 Å². The molecule has 1 heterocycles. The van der Waals surface area contributed by atoms with Crippen LogP contribution in [0.1, 0.15) is 32.8 Å². The molecule has 7 nitrogen and oxygen atoms in total. The van der Waals surface area contributed by atoms with E-state index in [0.717, 1.165) is 11.3 Å². The van der Waals surface area contributed by atoms with Gasteiger partial charge in [0.05, 0.1) is 31.2 Å². The Balaban J connectivity index is 2.02. The van der Waals surface area contributed by atoms with Gasteiger partial charge < -0.3 is 20.5 Å². The Morgan fingerprint density at radius 3 is 2.69 bits per heavy atom. The van der Waals surface area contributed by atoms with Crippen molar-refractivity contribution in [3.8, 4) is 5.75 Å². The molecule has 1 aromatic rings. The van der Waals surface area contributed by atoms with Crippen LogP contribution in [-0.2, 0) is 16.1 Å². The Kier molecular flexibility index (Phi) is 6.99. The molecule has 3 N–H and O–H groups in total. The highest BCUT2D eigenvalue weighted by Crippen LogP contribution is 2.17. The van der Waals surface area contributed by atoms with E-state index in [4.69, 9.17) is 4.74 Å². The first kappa shape index (κ1) is 20.2. The van der Waals surface area contributed by atoms with Gasteiger partial charge in [-0.2, -0.15) is 0 Å². The van der Waals surface area contributed by atoms with Gasteiger partial charge in [0, 0.05) is 19.6 Å². The number of benzene rings is 1. The SMILES string of the molecule is CCOc1ccc(CN2CCNC(=O)[C@H]2CC(=O)NC(C)(C)CO)cc1. The minimum Gasteiger partial charge on any atom is -0.494 e. The number of aliphatic hydroxyl groups is 1. The largest absolute Gasteiger partial charge is 0.494 e. The number of amides is 2. The van der Waals surface area contributed by atoms with Crippen molar-refractivity contribution < 1.29 is 19.4 Å². The lowest BCUT2D eigenvalue weighted by Crippen LogP contribution is -2.57. The van der Waals surface area contributed by atoms with Gasteiger partial charge >= 0.3 is 0 Å². The molecule has 0 aromatic heterocycles. The topological polar surface area (TPSA) is 90.9 Å². The summed E-state index contributed by atoms with van der Waals surface area (Å²) in [5.41, 5.74) is 0.353. The summed E-state index contributed by atoms with van der Waals surface area (Å²) in [5.74, 6) is 0.428. The van der Waals surface area contributed by atoms with Crippen LogP contribution in [0.25, 0.3) is 0 Å². The summed E-state index contributed by atoms with van der Waals surface area (Å²) in [6.45, 7) is 7.71. The van der Waals surface area contributed by atoms with Crippen LogP contribution >= 0.6 is 0 Å². The van der Waals surface area contributed by atoms with Crippen LogP contribution in [0.5, 0.6) is 5.75 Å². The van der Waals surface area contributed by atoms with E-state index in [1.165, 1.54) is 0 Å². The maximum atomic E-state index is 12.3. The van der Waals surface area contributed by atoms with Gasteiger partial charge in [0.1, 0.15) is 5.75 Å². The summed E-state index contributed by atoms with van der Waals surface area (Å²) in [4.78, 5) is 26.6. The maximum Gasteiger partial charge on any atom is 0.237 e. The Hall–Kier alpha value is -2.12. The van der Waals surface area contributed by atoms with Crippen molar-refractivity contribution in [1.29, 1.82) is 0 Å². The predicted molar refractivity (Wildman–Crippen MR) is 98.7 cm³/mol. The number of carbonyl (C=O) groups excluding carboxylic acids is 2. The molecule has 2 amide bonds. The van der Waals surface area contributed by atoms with Crippen LogP contribution in [0.4, 0.5) is 0 Å². The van der Waals surface area contributed by atoms with Gasteiger partial charge in [-0.3, -0.25) is 14.5 Å². The zero-order valence-electron chi connectivity index (χ0n) is 15.7. The van der Waals surface area contributed by atoms with E-state index in [1.807, 2.05) is 36.1 Å². The molecular formula is C19H29N3O4. The molecule has 0 saturated carbocycles.